The molecule has 0 radical (unpaired) electrons. The number of rotatable bonds is 9. The minimum absolute atomic E-state index is 0.0269. The molecule has 0 atom stereocenters. The Morgan fingerprint density at radius 3 is 2.32 bits per heavy atom. The van der Waals surface area contributed by atoms with Crippen molar-refractivity contribution < 1.29 is 23.9 Å². The second-order valence-electron chi connectivity index (χ2n) is 7.19. The van der Waals surface area contributed by atoms with E-state index in [1.807, 2.05) is 35.8 Å². The third-order valence-corrected chi connectivity index (χ3v) is 5.66. The molecule has 0 saturated heterocycles. The summed E-state index contributed by atoms with van der Waals surface area (Å²) in [5.41, 5.74) is 2.51. The third-order valence-electron chi connectivity index (χ3n) is 4.70. The number of anilines is 1. The summed E-state index contributed by atoms with van der Waals surface area (Å²) in [7, 11) is 2.46. The molecule has 1 N–H and O–H groups in total. The molecule has 3 rings (SSSR count). The summed E-state index contributed by atoms with van der Waals surface area (Å²) in [6.45, 7) is 6.27. The molecule has 0 aliphatic heterocycles. The van der Waals surface area contributed by atoms with Crippen LogP contribution in [0.15, 0.2) is 60.3 Å². The van der Waals surface area contributed by atoms with Crippen molar-refractivity contribution in [1.29, 1.82) is 0 Å². The first kappa shape index (κ1) is 24.7. The van der Waals surface area contributed by atoms with Gasteiger partial charge in [-0.05, 0) is 31.2 Å². The fourth-order valence-electron chi connectivity index (χ4n) is 3.19. The Morgan fingerprint density at radius 1 is 1.06 bits per heavy atom. The number of ether oxygens (including phenoxy) is 2. The number of hydrogen-bond donors (Lipinski definition) is 1. The van der Waals surface area contributed by atoms with E-state index in [9.17, 15) is 14.4 Å². The molecule has 0 spiro atoms. The molecule has 0 saturated carbocycles. The van der Waals surface area contributed by atoms with Crippen molar-refractivity contribution in [1.82, 2.24) is 14.8 Å². The van der Waals surface area contributed by atoms with Gasteiger partial charge in [-0.25, -0.2) is 9.59 Å². The number of aryl methyl sites for hydroxylation is 1. The zero-order valence-electron chi connectivity index (χ0n) is 19.0. The molecular weight excluding hydrogens is 456 g/mol. The molecule has 34 heavy (non-hydrogen) atoms. The van der Waals surface area contributed by atoms with E-state index in [4.69, 9.17) is 9.47 Å². The van der Waals surface area contributed by atoms with Gasteiger partial charge in [-0.3, -0.25) is 9.36 Å². The first-order valence-corrected chi connectivity index (χ1v) is 11.2. The molecule has 1 heterocycles. The summed E-state index contributed by atoms with van der Waals surface area (Å²) < 4.78 is 11.3. The van der Waals surface area contributed by atoms with Gasteiger partial charge in [-0.15, -0.1) is 16.8 Å². The SMILES string of the molecule is C=CCn1c(SCC(=O)Nc2cc(C(=O)OC)cc(C(=O)OC)c2)nnc1-c1cccc(C)c1. The van der Waals surface area contributed by atoms with Crippen LogP contribution in [0.5, 0.6) is 0 Å². The quantitative estimate of drug-likeness (QED) is 0.280. The van der Waals surface area contributed by atoms with Crippen molar-refractivity contribution in [3.05, 3.63) is 71.8 Å². The van der Waals surface area contributed by atoms with Crippen LogP contribution in [0, 0.1) is 6.92 Å². The number of methoxy groups -OCH3 is 2. The van der Waals surface area contributed by atoms with Crippen molar-refractivity contribution >= 4 is 35.3 Å². The van der Waals surface area contributed by atoms with Crippen molar-refractivity contribution in [3.8, 4) is 11.4 Å². The molecule has 0 aliphatic rings. The lowest BCUT2D eigenvalue weighted by molar-refractivity contribution is -0.113. The van der Waals surface area contributed by atoms with Gasteiger partial charge in [-0.1, -0.05) is 41.6 Å². The summed E-state index contributed by atoms with van der Waals surface area (Å²) in [5.74, 6) is -0.930. The standard InChI is InChI=1S/C24H24N4O5S/c1-5-9-28-21(16-8-6-7-15(2)10-16)26-27-24(28)34-14-20(29)25-19-12-17(22(30)32-3)11-18(13-19)23(31)33-4/h5-8,10-13H,1,9,14H2,2-4H3,(H,25,29). The van der Waals surface area contributed by atoms with Crippen LogP contribution in [0.4, 0.5) is 5.69 Å². The van der Waals surface area contributed by atoms with E-state index in [0.717, 1.165) is 11.1 Å². The summed E-state index contributed by atoms with van der Waals surface area (Å²) in [5, 5.41) is 11.8. The number of carbonyl (C=O) groups is 3. The van der Waals surface area contributed by atoms with Crippen LogP contribution >= 0.6 is 11.8 Å². The predicted molar refractivity (Wildman–Crippen MR) is 129 cm³/mol. The maximum Gasteiger partial charge on any atom is 0.337 e. The van der Waals surface area contributed by atoms with Crippen LogP contribution in [0.3, 0.4) is 0 Å². The summed E-state index contributed by atoms with van der Waals surface area (Å²) in [4.78, 5) is 36.5. The number of thioether (sulfide) groups is 1. The van der Waals surface area contributed by atoms with E-state index in [-0.39, 0.29) is 28.5 Å². The molecule has 0 fully saturated rings. The number of aromatic nitrogens is 3. The van der Waals surface area contributed by atoms with Crippen LogP contribution in [-0.2, 0) is 20.8 Å². The normalized spacial score (nSPS) is 10.4. The topological polar surface area (TPSA) is 112 Å². The zero-order chi connectivity index (χ0) is 24.7. The van der Waals surface area contributed by atoms with Gasteiger partial charge >= 0.3 is 11.9 Å². The lowest BCUT2D eigenvalue weighted by atomic mass is 10.1. The highest BCUT2D eigenvalue weighted by Gasteiger charge is 2.17. The smallest absolute Gasteiger partial charge is 0.337 e. The van der Waals surface area contributed by atoms with E-state index < -0.39 is 11.9 Å². The summed E-state index contributed by atoms with van der Waals surface area (Å²) >= 11 is 1.21. The van der Waals surface area contributed by atoms with Crippen molar-refractivity contribution in [2.24, 2.45) is 0 Å². The largest absolute Gasteiger partial charge is 0.465 e. The number of nitrogens with one attached hydrogen (secondary N) is 1. The van der Waals surface area contributed by atoms with Gasteiger partial charge in [0.05, 0.1) is 31.1 Å². The fourth-order valence-corrected chi connectivity index (χ4v) is 3.93. The van der Waals surface area contributed by atoms with Gasteiger partial charge in [0.25, 0.3) is 0 Å². The molecule has 2 aromatic carbocycles. The first-order chi connectivity index (χ1) is 16.4. The zero-order valence-corrected chi connectivity index (χ0v) is 19.8. The fraction of sp³-hybridized carbons (Fsp3) is 0.208. The lowest BCUT2D eigenvalue weighted by Gasteiger charge is -2.10. The molecule has 0 aliphatic carbocycles. The highest BCUT2D eigenvalue weighted by Crippen LogP contribution is 2.25. The molecular formula is C24H24N4O5S. The second-order valence-corrected chi connectivity index (χ2v) is 8.14. The van der Waals surface area contributed by atoms with Crippen LogP contribution in [0.2, 0.25) is 0 Å². The molecule has 10 heteroatoms. The molecule has 0 unspecified atom stereocenters. The maximum absolute atomic E-state index is 12.6. The van der Waals surface area contributed by atoms with E-state index in [1.54, 1.807) is 6.08 Å². The molecule has 0 bridgehead atoms. The minimum Gasteiger partial charge on any atom is -0.465 e. The van der Waals surface area contributed by atoms with E-state index >= 15 is 0 Å². The van der Waals surface area contributed by atoms with Gasteiger partial charge in [0.2, 0.25) is 5.91 Å². The Morgan fingerprint density at radius 2 is 1.74 bits per heavy atom. The number of amides is 1. The number of hydrogen-bond acceptors (Lipinski definition) is 8. The average molecular weight is 481 g/mol. The highest BCUT2D eigenvalue weighted by molar-refractivity contribution is 7.99. The number of nitrogens with zero attached hydrogens (tertiary/aromatic N) is 3. The Kier molecular flexibility index (Phi) is 8.20. The lowest BCUT2D eigenvalue weighted by Crippen LogP contribution is -2.16. The number of carbonyl (C=O) groups excluding carboxylic acids is 3. The third kappa shape index (κ3) is 5.90. The van der Waals surface area contributed by atoms with E-state index in [1.165, 1.54) is 44.2 Å². The van der Waals surface area contributed by atoms with E-state index in [2.05, 4.69) is 22.1 Å². The Hall–Kier alpha value is -3.92. The summed E-state index contributed by atoms with van der Waals surface area (Å²) in [6, 6.07) is 12.1. The number of esters is 2. The van der Waals surface area contributed by atoms with Crippen LogP contribution < -0.4 is 5.32 Å². The van der Waals surface area contributed by atoms with Gasteiger partial charge < -0.3 is 14.8 Å². The Bertz CT molecular complexity index is 1200. The Labute approximate surface area is 201 Å². The minimum atomic E-state index is -0.642. The second kappa shape index (κ2) is 11.3. The number of allylic oxidation sites excluding steroid dienone is 1. The van der Waals surface area contributed by atoms with Gasteiger partial charge in [0.1, 0.15) is 0 Å². The van der Waals surface area contributed by atoms with Gasteiger partial charge in [0, 0.05) is 17.8 Å². The average Bonchev–Trinajstić information content (AvgIpc) is 3.24. The summed E-state index contributed by atoms with van der Waals surface area (Å²) in [6.07, 6.45) is 1.74. The van der Waals surface area contributed by atoms with Crippen molar-refractivity contribution in [2.45, 2.75) is 18.6 Å². The van der Waals surface area contributed by atoms with Gasteiger partial charge in [0.15, 0.2) is 11.0 Å². The molecule has 1 amide bonds. The molecule has 176 valence electrons. The van der Waals surface area contributed by atoms with Crippen molar-refractivity contribution in [3.63, 3.8) is 0 Å². The van der Waals surface area contributed by atoms with Crippen LogP contribution in [0.25, 0.3) is 11.4 Å². The first-order valence-electron chi connectivity index (χ1n) is 10.2. The molecule has 9 nitrogen and oxygen atoms in total. The highest BCUT2D eigenvalue weighted by atomic mass is 32.2. The van der Waals surface area contributed by atoms with Crippen LogP contribution in [-0.4, -0.2) is 52.6 Å². The van der Waals surface area contributed by atoms with E-state index in [0.29, 0.717) is 17.5 Å². The molecule has 3 aromatic rings. The van der Waals surface area contributed by atoms with Crippen molar-refractivity contribution in [2.75, 3.05) is 25.3 Å². The predicted octanol–water partition coefficient (Wildman–Crippen LogP) is 3.74. The maximum atomic E-state index is 12.6. The molecule has 1 aromatic heterocycles. The number of benzene rings is 2. The van der Waals surface area contributed by atoms with Gasteiger partial charge in [-0.2, -0.15) is 0 Å². The van der Waals surface area contributed by atoms with Crippen LogP contribution in [0.1, 0.15) is 26.3 Å². The monoisotopic (exact) mass is 480 g/mol. The Balaban J connectivity index is 1.77.